The molecule has 1 aliphatic carbocycles. The maximum absolute atomic E-state index is 11.0. The molecule has 2 atom stereocenters. The van der Waals surface area contributed by atoms with Crippen molar-refractivity contribution in [2.45, 2.75) is 12.8 Å². The number of rotatable bonds is 0. The predicted octanol–water partition coefficient (Wildman–Crippen LogP) is 0.463. The van der Waals surface area contributed by atoms with Gasteiger partial charge in [0, 0.05) is 0 Å². The Morgan fingerprint density at radius 2 is 2.60 bits per heavy atom. The van der Waals surface area contributed by atoms with Crippen molar-refractivity contribution in [3.63, 3.8) is 0 Å². The zero-order valence-corrected chi connectivity index (χ0v) is 5.46. The number of nitrogens with zero attached hydrogens (tertiary/aromatic N) is 1. The quantitative estimate of drug-likeness (QED) is 0.456. The molecule has 0 aromatic heterocycles. The van der Waals surface area contributed by atoms with Crippen LogP contribution in [-0.2, 0) is 9.53 Å². The van der Waals surface area contributed by atoms with Crippen LogP contribution in [0.3, 0.4) is 0 Å². The van der Waals surface area contributed by atoms with Gasteiger partial charge in [-0.05, 0) is 12.8 Å². The summed E-state index contributed by atoms with van der Waals surface area (Å²) in [6.45, 7) is 0.511. The van der Waals surface area contributed by atoms with Gasteiger partial charge >= 0.3 is 5.97 Å². The van der Waals surface area contributed by atoms with Crippen LogP contribution in [0, 0.1) is 22.7 Å². The zero-order chi connectivity index (χ0) is 7.19. The summed E-state index contributed by atoms with van der Waals surface area (Å²) in [4.78, 5) is 11.0. The summed E-state index contributed by atoms with van der Waals surface area (Å²) in [6.07, 6.45) is 1.48. The summed E-state index contributed by atoms with van der Waals surface area (Å²) in [5.41, 5.74) is -0.352. The second-order valence-corrected chi connectivity index (χ2v) is 2.93. The number of nitriles is 1. The van der Waals surface area contributed by atoms with Gasteiger partial charge in [-0.25, -0.2) is 0 Å². The number of cyclic esters (lactones) is 1. The molecule has 3 nitrogen and oxygen atoms in total. The van der Waals surface area contributed by atoms with Gasteiger partial charge in [0.05, 0.1) is 24.0 Å². The number of hydrogen-bond acceptors (Lipinski definition) is 3. The molecular weight excluding hydrogens is 130 g/mol. The zero-order valence-electron chi connectivity index (χ0n) is 5.46. The third-order valence-electron chi connectivity index (χ3n) is 2.42. The van der Waals surface area contributed by atoms with Crippen molar-refractivity contribution in [3.8, 4) is 6.07 Å². The van der Waals surface area contributed by atoms with Gasteiger partial charge in [0.1, 0.15) is 0 Å². The van der Waals surface area contributed by atoms with E-state index in [9.17, 15) is 4.79 Å². The lowest BCUT2D eigenvalue weighted by Gasteiger charge is -1.95. The van der Waals surface area contributed by atoms with Gasteiger partial charge < -0.3 is 4.74 Å². The molecule has 1 heterocycles. The van der Waals surface area contributed by atoms with Gasteiger partial charge in [0.15, 0.2) is 0 Å². The molecule has 1 saturated carbocycles. The Bertz CT molecular complexity index is 230. The molecule has 10 heavy (non-hydrogen) atoms. The fraction of sp³-hybridized carbons (Fsp3) is 0.714. The van der Waals surface area contributed by atoms with Crippen molar-refractivity contribution in [1.82, 2.24) is 0 Å². The maximum atomic E-state index is 11.0. The third-order valence-corrected chi connectivity index (χ3v) is 2.42. The molecule has 2 rings (SSSR count). The highest BCUT2D eigenvalue weighted by atomic mass is 16.5. The monoisotopic (exact) mass is 137 g/mol. The average Bonchev–Trinajstić information content (AvgIpc) is 2.52. The molecule has 0 aromatic rings. The van der Waals surface area contributed by atoms with Crippen LogP contribution in [0.4, 0.5) is 0 Å². The molecule has 2 unspecified atom stereocenters. The van der Waals surface area contributed by atoms with E-state index in [-0.39, 0.29) is 17.3 Å². The molecule has 1 aliphatic heterocycles. The molecule has 2 fully saturated rings. The van der Waals surface area contributed by atoms with E-state index in [0.717, 1.165) is 12.8 Å². The van der Waals surface area contributed by atoms with Crippen LogP contribution in [-0.4, -0.2) is 12.6 Å². The van der Waals surface area contributed by atoms with Crippen molar-refractivity contribution in [3.05, 3.63) is 0 Å². The average molecular weight is 137 g/mol. The molecule has 52 valence electrons. The fourth-order valence-electron chi connectivity index (χ4n) is 1.55. The summed E-state index contributed by atoms with van der Waals surface area (Å²) >= 11 is 0. The van der Waals surface area contributed by atoms with Crippen LogP contribution in [0.25, 0.3) is 0 Å². The molecule has 0 radical (unpaired) electrons. The lowest BCUT2D eigenvalue weighted by molar-refractivity contribution is -0.142. The molecule has 0 amide bonds. The van der Waals surface area contributed by atoms with Crippen molar-refractivity contribution in [1.29, 1.82) is 5.26 Å². The van der Waals surface area contributed by atoms with E-state index < -0.39 is 0 Å². The smallest absolute Gasteiger partial charge is 0.313 e. The number of ether oxygens (including phenoxy) is 1. The van der Waals surface area contributed by atoms with E-state index in [1.165, 1.54) is 0 Å². The van der Waals surface area contributed by atoms with Gasteiger partial charge in [-0.3, -0.25) is 4.79 Å². The molecule has 0 bridgehead atoms. The SMILES string of the molecule is N#CC1CC12CCOC2=O. The van der Waals surface area contributed by atoms with Crippen LogP contribution >= 0.6 is 0 Å². The van der Waals surface area contributed by atoms with Crippen LogP contribution in [0.5, 0.6) is 0 Å². The van der Waals surface area contributed by atoms with E-state index in [1.807, 2.05) is 0 Å². The van der Waals surface area contributed by atoms with Gasteiger partial charge in [-0.2, -0.15) is 5.26 Å². The lowest BCUT2D eigenvalue weighted by Crippen LogP contribution is -2.10. The van der Waals surface area contributed by atoms with Crippen LogP contribution in [0.2, 0.25) is 0 Å². The van der Waals surface area contributed by atoms with E-state index in [1.54, 1.807) is 0 Å². The summed E-state index contributed by atoms with van der Waals surface area (Å²) < 4.78 is 4.77. The molecular formula is C7H7NO2. The molecule has 0 N–H and O–H groups in total. The largest absolute Gasteiger partial charge is 0.465 e. The highest BCUT2D eigenvalue weighted by Crippen LogP contribution is 2.58. The first-order valence-electron chi connectivity index (χ1n) is 3.36. The summed E-state index contributed by atoms with van der Waals surface area (Å²) in [5, 5.41) is 8.49. The standard InChI is InChI=1S/C7H7NO2/c8-4-5-3-7(5)1-2-10-6(7)9/h5H,1-3H2. The third kappa shape index (κ3) is 0.469. The number of hydrogen-bond donors (Lipinski definition) is 0. The van der Waals surface area contributed by atoms with E-state index in [2.05, 4.69) is 6.07 Å². The van der Waals surface area contributed by atoms with Gasteiger partial charge in [-0.1, -0.05) is 0 Å². The summed E-state index contributed by atoms with van der Waals surface area (Å²) in [5.74, 6) is -0.207. The molecule has 3 heteroatoms. The van der Waals surface area contributed by atoms with E-state index in [0.29, 0.717) is 6.61 Å². The Morgan fingerprint density at radius 1 is 1.80 bits per heavy atom. The molecule has 2 aliphatic rings. The minimum Gasteiger partial charge on any atom is -0.465 e. The molecule has 1 saturated heterocycles. The minimum atomic E-state index is -0.352. The Labute approximate surface area is 58.6 Å². The number of carbonyl (C=O) groups is 1. The van der Waals surface area contributed by atoms with E-state index >= 15 is 0 Å². The topological polar surface area (TPSA) is 50.1 Å². The first-order chi connectivity index (χ1) is 4.79. The summed E-state index contributed by atoms with van der Waals surface area (Å²) in [7, 11) is 0. The number of esters is 1. The second kappa shape index (κ2) is 1.51. The van der Waals surface area contributed by atoms with Crippen molar-refractivity contribution in [2.24, 2.45) is 11.3 Å². The fourth-order valence-corrected chi connectivity index (χ4v) is 1.55. The Hall–Kier alpha value is -1.04. The lowest BCUT2D eigenvalue weighted by atomic mass is 10.0. The van der Waals surface area contributed by atoms with Crippen LogP contribution in [0.15, 0.2) is 0 Å². The Morgan fingerprint density at radius 3 is 3.00 bits per heavy atom. The first-order valence-corrected chi connectivity index (χ1v) is 3.36. The van der Waals surface area contributed by atoms with Crippen LogP contribution < -0.4 is 0 Å². The first kappa shape index (κ1) is 5.72. The normalized spacial score (nSPS) is 43.1. The van der Waals surface area contributed by atoms with Gasteiger partial charge in [-0.15, -0.1) is 0 Å². The maximum Gasteiger partial charge on any atom is 0.313 e. The predicted molar refractivity (Wildman–Crippen MR) is 31.7 cm³/mol. The highest BCUT2D eigenvalue weighted by molar-refractivity contribution is 5.83. The molecule has 0 aromatic carbocycles. The minimum absolute atomic E-state index is 0.0532. The van der Waals surface area contributed by atoms with Crippen molar-refractivity contribution in [2.75, 3.05) is 6.61 Å². The highest BCUT2D eigenvalue weighted by Gasteiger charge is 2.64. The van der Waals surface area contributed by atoms with E-state index in [4.69, 9.17) is 10.00 Å². The van der Waals surface area contributed by atoms with Crippen molar-refractivity contribution >= 4 is 5.97 Å². The van der Waals surface area contributed by atoms with Crippen LogP contribution in [0.1, 0.15) is 12.8 Å². The molecule has 1 spiro atoms. The Balaban J connectivity index is 2.21. The van der Waals surface area contributed by atoms with Gasteiger partial charge in [0.2, 0.25) is 0 Å². The summed E-state index contributed by atoms with van der Waals surface area (Å²) in [6, 6.07) is 2.10. The van der Waals surface area contributed by atoms with Crippen molar-refractivity contribution < 1.29 is 9.53 Å². The van der Waals surface area contributed by atoms with Gasteiger partial charge in [0.25, 0.3) is 0 Å². The second-order valence-electron chi connectivity index (χ2n) is 2.93. The number of carbonyl (C=O) groups excluding carboxylic acids is 1. The Kier molecular flexibility index (Phi) is 0.866.